The zero-order chi connectivity index (χ0) is 19.3. The summed E-state index contributed by atoms with van der Waals surface area (Å²) in [6.07, 6.45) is 0.721. The first kappa shape index (κ1) is 19.8. The summed E-state index contributed by atoms with van der Waals surface area (Å²) in [6, 6.07) is 14.2. The maximum atomic E-state index is 13.4. The summed E-state index contributed by atoms with van der Waals surface area (Å²) in [5.41, 5.74) is 1.79. The molecule has 2 aromatic rings. The number of para-hydroxylation sites is 1. The molecule has 0 radical (unpaired) electrons. The minimum atomic E-state index is -3.68. The number of hydrogen-bond acceptors (Lipinski definition) is 4. The third-order valence-electron chi connectivity index (χ3n) is 4.88. The molecule has 0 saturated carbocycles. The Hall–Kier alpha value is -1.96. The van der Waals surface area contributed by atoms with Crippen LogP contribution in [0.4, 0.5) is 10.1 Å². The molecule has 1 aliphatic rings. The van der Waals surface area contributed by atoms with E-state index in [9.17, 15) is 12.8 Å². The van der Waals surface area contributed by atoms with Gasteiger partial charge in [-0.1, -0.05) is 24.3 Å². The van der Waals surface area contributed by atoms with Crippen molar-refractivity contribution in [3.8, 4) is 0 Å². The predicted octanol–water partition coefficient (Wildman–Crippen LogP) is 2.62. The molecular formula is C20H26FN3O2S. The summed E-state index contributed by atoms with van der Waals surface area (Å²) >= 11 is 0. The highest BCUT2D eigenvalue weighted by Gasteiger charge is 2.19. The number of nitrogens with one attached hydrogen (secondary N) is 1. The minimum absolute atomic E-state index is 0.0129. The fourth-order valence-electron chi connectivity index (χ4n) is 3.32. The number of anilines is 1. The number of sulfonamides is 1. The lowest BCUT2D eigenvalue weighted by atomic mass is 10.2. The van der Waals surface area contributed by atoms with Gasteiger partial charge >= 0.3 is 0 Å². The van der Waals surface area contributed by atoms with Crippen LogP contribution < -0.4 is 9.62 Å². The van der Waals surface area contributed by atoms with E-state index >= 15 is 0 Å². The Morgan fingerprint density at radius 1 is 1.04 bits per heavy atom. The Morgan fingerprint density at radius 3 is 2.44 bits per heavy atom. The normalized spacial score (nSPS) is 15.9. The molecule has 1 heterocycles. The Morgan fingerprint density at radius 2 is 1.74 bits per heavy atom. The van der Waals surface area contributed by atoms with E-state index in [-0.39, 0.29) is 4.90 Å². The lowest BCUT2D eigenvalue weighted by Crippen LogP contribution is -2.47. The fourth-order valence-corrected chi connectivity index (χ4v) is 4.65. The molecule has 27 heavy (non-hydrogen) atoms. The first-order valence-corrected chi connectivity index (χ1v) is 10.7. The molecule has 2 aromatic carbocycles. The molecule has 1 fully saturated rings. The van der Waals surface area contributed by atoms with E-state index in [0.29, 0.717) is 12.1 Å². The van der Waals surface area contributed by atoms with Gasteiger partial charge in [0.2, 0.25) is 10.0 Å². The van der Waals surface area contributed by atoms with Crippen LogP contribution in [-0.4, -0.2) is 52.6 Å². The average Bonchev–Trinajstić information content (AvgIpc) is 2.68. The number of aryl methyl sites for hydroxylation is 1. The van der Waals surface area contributed by atoms with Crippen LogP contribution in [0.5, 0.6) is 0 Å². The Balaban J connectivity index is 1.42. The van der Waals surface area contributed by atoms with Gasteiger partial charge in [-0.3, -0.25) is 4.90 Å². The van der Waals surface area contributed by atoms with Gasteiger partial charge in [-0.05, 0) is 49.7 Å². The van der Waals surface area contributed by atoms with E-state index in [4.69, 9.17) is 0 Å². The smallest absolute Gasteiger partial charge is 0.240 e. The molecule has 0 spiro atoms. The minimum Gasteiger partial charge on any atom is -0.369 e. The summed E-state index contributed by atoms with van der Waals surface area (Å²) in [5.74, 6) is -0.544. The van der Waals surface area contributed by atoms with Crippen molar-refractivity contribution >= 4 is 15.7 Å². The van der Waals surface area contributed by atoms with E-state index in [2.05, 4.69) is 26.7 Å². The van der Waals surface area contributed by atoms with Crippen LogP contribution in [0.3, 0.4) is 0 Å². The number of nitrogens with zero attached hydrogens (tertiary/aromatic N) is 2. The van der Waals surface area contributed by atoms with Crippen molar-refractivity contribution in [2.45, 2.75) is 18.2 Å². The van der Waals surface area contributed by atoms with Crippen LogP contribution in [0.25, 0.3) is 0 Å². The summed E-state index contributed by atoms with van der Waals surface area (Å²) in [5, 5.41) is 0. The van der Waals surface area contributed by atoms with E-state index in [0.717, 1.165) is 45.2 Å². The lowest BCUT2D eigenvalue weighted by molar-refractivity contribution is 0.255. The number of hydrogen-bond donors (Lipinski definition) is 1. The standard InChI is InChI=1S/C20H26FN3O2S/c1-17-8-9-18(21)16-20(17)27(25,26)22-10-5-11-23-12-14-24(15-13-23)19-6-3-2-4-7-19/h2-4,6-9,16,22H,5,10-15H2,1H3. The van der Waals surface area contributed by atoms with Crippen molar-refractivity contribution in [3.05, 3.63) is 59.9 Å². The van der Waals surface area contributed by atoms with Gasteiger partial charge in [0.05, 0.1) is 4.90 Å². The number of halogens is 1. The van der Waals surface area contributed by atoms with Gasteiger partial charge in [-0.25, -0.2) is 17.5 Å². The number of benzene rings is 2. The molecule has 0 atom stereocenters. The fraction of sp³-hybridized carbons (Fsp3) is 0.400. The quantitative estimate of drug-likeness (QED) is 0.738. The molecule has 1 aliphatic heterocycles. The predicted molar refractivity (Wildman–Crippen MR) is 106 cm³/mol. The molecule has 146 valence electrons. The molecule has 1 saturated heterocycles. The second-order valence-electron chi connectivity index (χ2n) is 6.83. The number of rotatable bonds is 7. The number of piperazine rings is 1. The van der Waals surface area contributed by atoms with Crippen molar-refractivity contribution in [1.82, 2.24) is 9.62 Å². The summed E-state index contributed by atoms with van der Waals surface area (Å²) in [4.78, 5) is 4.73. The zero-order valence-corrected chi connectivity index (χ0v) is 16.4. The molecule has 0 unspecified atom stereocenters. The Bertz CT molecular complexity index is 851. The highest BCUT2D eigenvalue weighted by Crippen LogP contribution is 2.17. The van der Waals surface area contributed by atoms with E-state index in [1.807, 2.05) is 18.2 Å². The molecule has 0 aromatic heterocycles. The molecule has 5 nitrogen and oxygen atoms in total. The van der Waals surface area contributed by atoms with Crippen molar-refractivity contribution in [2.75, 3.05) is 44.2 Å². The second-order valence-corrected chi connectivity index (χ2v) is 8.56. The maximum absolute atomic E-state index is 13.4. The van der Waals surface area contributed by atoms with Crippen LogP contribution in [-0.2, 0) is 10.0 Å². The van der Waals surface area contributed by atoms with E-state index in [1.165, 1.54) is 17.8 Å². The first-order valence-electron chi connectivity index (χ1n) is 9.24. The van der Waals surface area contributed by atoms with Crippen LogP contribution >= 0.6 is 0 Å². The van der Waals surface area contributed by atoms with Gasteiger partial charge in [0.1, 0.15) is 5.82 Å². The largest absolute Gasteiger partial charge is 0.369 e. The van der Waals surface area contributed by atoms with Gasteiger partial charge in [0.15, 0.2) is 0 Å². The molecule has 7 heteroatoms. The summed E-state index contributed by atoms with van der Waals surface area (Å²) in [7, 11) is -3.68. The van der Waals surface area contributed by atoms with Crippen molar-refractivity contribution < 1.29 is 12.8 Å². The van der Waals surface area contributed by atoms with E-state index < -0.39 is 15.8 Å². The van der Waals surface area contributed by atoms with Crippen molar-refractivity contribution in [1.29, 1.82) is 0 Å². The summed E-state index contributed by atoms with van der Waals surface area (Å²) in [6.45, 7) is 6.72. The first-order chi connectivity index (χ1) is 13.0. The average molecular weight is 392 g/mol. The molecule has 0 bridgehead atoms. The molecule has 0 aliphatic carbocycles. The van der Waals surface area contributed by atoms with Crippen LogP contribution in [0.15, 0.2) is 53.4 Å². The van der Waals surface area contributed by atoms with Crippen LogP contribution in [0.1, 0.15) is 12.0 Å². The third-order valence-corrected chi connectivity index (χ3v) is 6.48. The van der Waals surface area contributed by atoms with Gasteiger partial charge in [0.25, 0.3) is 0 Å². The van der Waals surface area contributed by atoms with E-state index in [1.54, 1.807) is 6.92 Å². The Kier molecular flexibility index (Phi) is 6.46. The molecular weight excluding hydrogens is 365 g/mol. The van der Waals surface area contributed by atoms with Crippen LogP contribution in [0, 0.1) is 12.7 Å². The third kappa shape index (κ3) is 5.28. The van der Waals surface area contributed by atoms with Crippen molar-refractivity contribution in [2.24, 2.45) is 0 Å². The van der Waals surface area contributed by atoms with Crippen molar-refractivity contribution in [3.63, 3.8) is 0 Å². The van der Waals surface area contributed by atoms with Gasteiger partial charge in [-0.15, -0.1) is 0 Å². The second kappa shape index (κ2) is 8.82. The topological polar surface area (TPSA) is 52.7 Å². The van der Waals surface area contributed by atoms with Gasteiger partial charge in [-0.2, -0.15) is 0 Å². The highest BCUT2D eigenvalue weighted by molar-refractivity contribution is 7.89. The molecule has 0 amide bonds. The monoisotopic (exact) mass is 391 g/mol. The Labute approximate surface area is 160 Å². The van der Waals surface area contributed by atoms with Gasteiger partial charge in [0, 0.05) is 38.4 Å². The lowest BCUT2D eigenvalue weighted by Gasteiger charge is -2.36. The summed E-state index contributed by atoms with van der Waals surface area (Å²) < 4.78 is 40.7. The zero-order valence-electron chi connectivity index (χ0n) is 15.6. The molecule has 3 rings (SSSR count). The maximum Gasteiger partial charge on any atom is 0.240 e. The SMILES string of the molecule is Cc1ccc(F)cc1S(=O)(=O)NCCCN1CCN(c2ccccc2)CC1. The highest BCUT2D eigenvalue weighted by atomic mass is 32.2. The molecule has 1 N–H and O–H groups in total. The van der Waals surface area contributed by atoms with Crippen LogP contribution in [0.2, 0.25) is 0 Å². The van der Waals surface area contributed by atoms with Gasteiger partial charge < -0.3 is 4.90 Å².